The van der Waals surface area contributed by atoms with Gasteiger partial charge in [-0.2, -0.15) is 0 Å². The molecule has 3 rings (SSSR count). The van der Waals surface area contributed by atoms with Gasteiger partial charge in [-0.25, -0.2) is 0 Å². The van der Waals surface area contributed by atoms with E-state index in [1.54, 1.807) is 0 Å². The number of ketones is 1. The summed E-state index contributed by atoms with van der Waals surface area (Å²) in [5.74, 6) is 0.594. The molecule has 122 valence electrons. The number of H-pyrrole nitrogens is 1. The molecule has 0 saturated carbocycles. The fraction of sp³-hybridized carbons (Fsp3) is 0.227. The second-order valence-corrected chi connectivity index (χ2v) is 6.54. The number of hydrogen-bond acceptors (Lipinski definition) is 1. The monoisotopic (exact) mass is 317 g/mol. The summed E-state index contributed by atoms with van der Waals surface area (Å²) in [4.78, 5) is 15.9. The second kappa shape index (κ2) is 6.88. The van der Waals surface area contributed by atoms with Crippen molar-refractivity contribution in [3.05, 3.63) is 83.0 Å². The number of rotatable bonds is 5. The van der Waals surface area contributed by atoms with Crippen molar-refractivity contribution < 1.29 is 4.79 Å². The minimum atomic E-state index is 0.126. The van der Waals surface area contributed by atoms with Crippen molar-refractivity contribution in [3.8, 4) is 11.3 Å². The zero-order valence-electron chi connectivity index (χ0n) is 14.5. The van der Waals surface area contributed by atoms with Crippen LogP contribution in [0.2, 0.25) is 0 Å². The van der Waals surface area contributed by atoms with E-state index in [1.807, 2.05) is 42.5 Å². The Labute approximate surface area is 143 Å². The average Bonchev–Trinajstić information content (AvgIpc) is 3.07. The van der Waals surface area contributed by atoms with Gasteiger partial charge in [0, 0.05) is 12.1 Å². The van der Waals surface area contributed by atoms with E-state index in [0.717, 1.165) is 16.8 Å². The van der Waals surface area contributed by atoms with Crippen LogP contribution in [-0.2, 0) is 6.42 Å². The molecule has 24 heavy (non-hydrogen) atoms. The lowest BCUT2D eigenvalue weighted by atomic mass is 9.92. The first-order chi connectivity index (χ1) is 11.6. The lowest BCUT2D eigenvalue weighted by Crippen LogP contribution is -2.07. The van der Waals surface area contributed by atoms with Crippen LogP contribution in [0.25, 0.3) is 11.3 Å². The van der Waals surface area contributed by atoms with Crippen molar-refractivity contribution in [2.45, 2.75) is 33.1 Å². The van der Waals surface area contributed by atoms with Crippen LogP contribution in [0.1, 0.15) is 46.9 Å². The van der Waals surface area contributed by atoms with E-state index in [9.17, 15) is 4.79 Å². The van der Waals surface area contributed by atoms with Gasteiger partial charge in [-0.3, -0.25) is 4.79 Å². The molecule has 2 heteroatoms. The highest BCUT2D eigenvalue weighted by molar-refractivity contribution is 5.96. The highest BCUT2D eigenvalue weighted by Gasteiger charge is 2.14. The summed E-state index contributed by atoms with van der Waals surface area (Å²) in [7, 11) is 0. The fourth-order valence-corrected chi connectivity index (χ4v) is 3.13. The molecule has 0 radical (unpaired) electrons. The van der Waals surface area contributed by atoms with Crippen LogP contribution in [-0.4, -0.2) is 10.8 Å². The molecular formula is C22H23NO. The van der Waals surface area contributed by atoms with E-state index in [-0.39, 0.29) is 5.78 Å². The van der Waals surface area contributed by atoms with E-state index in [1.165, 1.54) is 11.1 Å². The molecule has 2 nitrogen and oxygen atoms in total. The number of carbonyl (C=O) groups is 1. The third-order valence-electron chi connectivity index (χ3n) is 4.53. The highest BCUT2D eigenvalue weighted by atomic mass is 16.1. The number of hydrogen-bond donors (Lipinski definition) is 1. The molecule has 3 aromatic rings. The van der Waals surface area contributed by atoms with Crippen LogP contribution in [0, 0.1) is 6.92 Å². The maximum atomic E-state index is 12.7. The Morgan fingerprint density at radius 1 is 0.958 bits per heavy atom. The highest BCUT2D eigenvalue weighted by Crippen LogP contribution is 2.23. The number of Topliss-reactive ketones (excluding diaryl/α,β-unsaturated/α-hetero) is 1. The second-order valence-electron chi connectivity index (χ2n) is 6.54. The molecule has 0 spiro atoms. The van der Waals surface area contributed by atoms with Gasteiger partial charge in [-0.05, 0) is 47.2 Å². The largest absolute Gasteiger partial charge is 0.352 e. The molecule has 0 bridgehead atoms. The SMILES string of the molecule is Cc1c(CC(=O)c2ccc(-c3ccccc3)[nH]2)cccc1C(C)C. The molecule has 0 saturated heterocycles. The van der Waals surface area contributed by atoms with E-state index in [4.69, 9.17) is 0 Å². The first-order valence-electron chi connectivity index (χ1n) is 8.42. The smallest absolute Gasteiger partial charge is 0.183 e. The average molecular weight is 317 g/mol. The zero-order valence-corrected chi connectivity index (χ0v) is 14.5. The predicted octanol–water partition coefficient (Wildman–Crippen LogP) is 5.54. The number of benzene rings is 2. The quantitative estimate of drug-likeness (QED) is 0.616. The van der Waals surface area contributed by atoms with E-state index in [0.29, 0.717) is 18.0 Å². The Bertz CT molecular complexity index is 843. The van der Waals surface area contributed by atoms with Gasteiger partial charge in [0.15, 0.2) is 5.78 Å². The summed E-state index contributed by atoms with van der Waals surface area (Å²) >= 11 is 0. The molecular weight excluding hydrogens is 294 g/mol. The Hall–Kier alpha value is -2.61. The van der Waals surface area contributed by atoms with Crippen molar-refractivity contribution in [3.63, 3.8) is 0 Å². The number of aromatic nitrogens is 1. The van der Waals surface area contributed by atoms with Crippen LogP contribution < -0.4 is 0 Å². The fourth-order valence-electron chi connectivity index (χ4n) is 3.13. The van der Waals surface area contributed by atoms with Gasteiger partial charge in [0.25, 0.3) is 0 Å². The Morgan fingerprint density at radius 2 is 1.71 bits per heavy atom. The van der Waals surface area contributed by atoms with Crippen molar-refractivity contribution in [2.75, 3.05) is 0 Å². The summed E-state index contributed by atoms with van der Waals surface area (Å²) in [6.07, 6.45) is 0.432. The normalized spacial score (nSPS) is 11.0. The zero-order chi connectivity index (χ0) is 17.1. The molecule has 0 aliphatic carbocycles. The van der Waals surface area contributed by atoms with E-state index in [2.05, 4.69) is 44.0 Å². The lowest BCUT2D eigenvalue weighted by Gasteiger charge is -2.13. The van der Waals surface area contributed by atoms with Gasteiger partial charge in [0.1, 0.15) is 0 Å². The van der Waals surface area contributed by atoms with E-state index < -0.39 is 0 Å². The molecule has 1 heterocycles. The number of aromatic amines is 1. The van der Waals surface area contributed by atoms with Crippen LogP contribution in [0.4, 0.5) is 0 Å². The third-order valence-corrected chi connectivity index (χ3v) is 4.53. The van der Waals surface area contributed by atoms with Gasteiger partial charge >= 0.3 is 0 Å². The number of nitrogens with one attached hydrogen (secondary N) is 1. The standard InChI is InChI=1S/C22H23NO/c1-15(2)19-11-7-10-18(16(19)3)14-22(24)21-13-12-20(23-21)17-8-5-4-6-9-17/h4-13,15,23H,14H2,1-3H3. The van der Waals surface area contributed by atoms with Gasteiger partial charge in [0.05, 0.1) is 5.69 Å². The van der Waals surface area contributed by atoms with Crippen LogP contribution >= 0.6 is 0 Å². The molecule has 0 aliphatic heterocycles. The summed E-state index contributed by atoms with van der Waals surface area (Å²) in [5.41, 5.74) is 6.40. The summed E-state index contributed by atoms with van der Waals surface area (Å²) in [6.45, 7) is 6.48. The molecule has 0 unspecified atom stereocenters. The van der Waals surface area contributed by atoms with E-state index >= 15 is 0 Å². The van der Waals surface area contributed by atoms with Crippen molar-refractivity contribution >= 4 is 5.78 Å². The van der Waals surface area contributed by atoms with Gasteiger partial charge < -0.3 is 4.98 Å². The van der Waals surface area contributed by atoms with Crippen molar-refractivity contribution in [2.24, 2.45) is 0 Å². The Balaban J connectivity index is 1.82. The van der Waals surface area contributed by atoms with Gasteiger partial charge in [0.2, 0.25) is 0 Å². The van der Waals surface area contributed by atoms with Crippen molar-refractivity contribution in [1.82, 2.24) is 4.98 Å². The predicted molar refractivity (Wildman–Crippen MR) is 99.5 cm³/mol. The summed E-state index contributed by atoms with van der Waals surface area (Å²) in [5, 5.41) is 0. The topological polar surface area (TPSA) is 32.9 Å². The van der Waals surface area contributed by atoms with Crippen molar-refractivity contribution in [1.29, 1.82) is 0 Å². The lowest BCUT2D eigenvalue weighted by molar-refractivity contribution is 0.0988. The number of carbonyl (C=O) groups excluding carboxylic acids is 1. The molecule has 0 aliphatic rings. The minimum Gasteiger partial charge on any atom is -0.352 e. The molecule has 0 amide bonds. The summed E-state index contributed by atoms with van der Waals surface area (Å²) in [6, 6.07) is 20.2. The van der Waals surface area contributed by atoms with Gasteiger partial charge in [-0.15, -0.1) is 0 Å². The molecule has 2 aromatic carbocycles. The van der Waals surface area contributed by atoms with Crippen LogP contribution in [0.5, 0.6) is 0 Å². The molecule has 1 aromatic heterocycles. The molecule has 1 N–H and O–H groups in total. The molecule has 0 fully saturated rings. The van der Waals surface area contributed by atoms with Crippen LogP contribution in [0.3, 0.4) is 0 Å². The Kier molecular flexibility index (Phi) is 4.66. The first-order valence-corrected chi connectivity index (χ1v) is 8.42. The van der Waals surface area contributed by atoms with Crippen LogP contribution in [0.15, 0.2) is 60.7 Å². The minimum absolute atomic E-state index is 0.126. The first kappa shape index (κ1) is 16.3. The third kappa shape index (κ3) is 3.33. The molecule has 0 atom stereocenters. The maximum absolute atomic E-state index is 12.7. The summed E-state index contributed by atoms with van der Waals surface area (Å²) < 4.78 is 0. The maximum Gasteiger partial charge on any atom is 0.183 e. The van der Waals surface area contributed by atoms with Gasteiger partial charge in [-0.1, -0.05) is 62.4 Å². The Morgan fingerprint density at radius 3 is 2.42 bits per heavy atom.